The molecule has 0 aromatic rings. The zero-order valence-corrected chi connectivity index (χ0v) is 11.2. The van der Waals surface area contributed by atoms with Gasteiger partial charge in [-0.15, -0.1) is 6.58 Å². The molecule has 0 fully saturated rings. The van der Waals surface area contributed by atoms with Gasteiger partial charge in [0.15, 0.2) is 0 Å². The van der Waals surface area contributed by atoms with Crippen LogP contribution in [-0.4, -0.2) is 29.7 Å². The fourth-order valence-electron chi connectivity index (χ4n) is 1.27. The van der Waals surface area contributed by atoms with Crippen LogP contribution in [-0.2, 0) is 4.74 Å². The minimum atomic E-state index is -0.424. The molecule has 0 N–H and O–H groups in total. The highest BCUT2D eigenvalue weighted by atomic mass is 16.6. The summed E-state index contributed by atoms with van der Waals surface area (Å²) in [6, 6.07) is 0.204. The lowest BCUT2D eigenvalue weighted by Crippen LogP contribution is -2.39. The van der Waals surface area contributed by atoms with Gasteiger partial charge in [0.2, 0.25) is 0 Å². The van der Waals surface area contributed by atoms with Crippen molar-refractivity contribution < 1.29 is 9.53 Å². The van der Waals surface area contributed by atoms with Crippen LogP contribution in [0.1, 0.15) is 47.0 Å². The van der Waals surface area contributed by atoms with Gasteiger partial charge < -0.3 is 9.64 Å². The zero-order valence-electron chi connectivity index (χ0n) is 11.2. The van der Waals surface area contributed by atoms with Crippen LogP contribution < -0.4 is 0 Å². The second-order valence-electron chi connectivity index (χ2n) is 5.16. The summed E-state index contributed by atoms with van der Waals surface area (Å²) in [7, 11) is 1.78. The van der Waals surface area contributed by atoms with E-state index in [2.05, 4.69) is 6.58 Å². The molecule has 1 amide bonds. The molecule has 0 rings (SSSR count). The van der Waals surface area contributed by atoms with Crippen LogP contribution in [0.5, 0.6) is 0 Å². The van der Waals surface area contributed by atoms with Crippen LogP contribution in [0, 0.1) is 0 Å². The highest BCUT2D eigenvalue weighted by Crippen LogP contribution is 2.13. The Balaban J connectivity index is 4.06. The summed E-state index contributed by atoms with van der Waals surface area (Å²) in [4.78, 5) is 13.4. The molecule has 0 aliphatic rings. The topological polar surface area (TPSA) is 29.5 Å². The van der Waals surface area contributed by atoms with Gasteiger partial charge in [0, 0.05) is 13.1 Å². The average Bonchev–Trinajstić information content (AvgIpc) is 2.14. The molecule has 0 saturated carbocycles. The predicted octanol–water partition coefficient (Wildman–Crippen LogP) is 3.60. The largest absolute Gasteiger partial charge is 0.444 e. The second-order valence-corrected chi connectivity index (χ2v) is 5.16. The lowest BCUT2D eigenvalue weighted by molar-refractivity contribution is 0.0228. The molecule has 0 unspecified atom stereocenters. The van der Waals surface area contributed by atoms with Crippen molar-refractivity contribution in [1.29, 1.82) is 0 Å². The van der Waals surface area contributed by atoms with E-state index in [-0.39, 0.29) is 12.1 Å². The summed E-state index contributed by atoms with van der Waals surface area (Å²) in [5.41, 5.74) is -0.424. The third kappa shape index (κ3) is 6.49. The molecule has 0 aromatic heterocycles. The number of carbonyl (C=O) groups excluding carboxylic acids is 1. The van der Waals surface area contributed by atoms with Crippen LogP contribution in [0.3, 0.4) is 0 Å². The number of hydrogen-bond donors (Lipinski definition) is 0. The third-order valence-corrected chi connectivity index (χ3v) is 2.37. The van der Waals surface area contributed by atoms with E-state index in [1.807, 2.05) is 33.8 Å². The maximum Gasteiger partial charge on any atom is 0.410 e. The third-order valence-electron chi connectivity index (χ3n) is 2.37. The summed E-state index contributed by atoms with van der Waals surface area (Å²) in [6.07, 6.45) is 4.67. The van der Waals surface area contributed by atoms with E-state index >= 15 is 0 Å². The van der Waals surface area contributed by atoms with Gasteiger partial charge in [0.05, 0.1) is 0 Å². The monoisotopic (exact) mass is 227 g/mol. The Hall–Kier alpha value is -0.990. The summed E-state index contributed by atoms with van der Waals surface area (Å²) in [5.74, 6) is 0. The van der Waals surface area contributed by atoms with E-state index in [9.17, 15) is 4.79 Å². The van der Waals surface area contributed by atoms with Gasteiger partial charge in [-0.1, -0.05) is 6.08 Å². The molecule has 0 heterocycles. The molecule has 0 bridgehead atoms. The Labute approximate surface area is 99.5 Å². The second kappa shape index (κ2) is 6.56. The number of amides is 1. The first-order chi connectivity index (χ1) is 7.28. The molecule has 3 nitrogen and oxygen atoms in total. The van der Waals surface area contributed by atoms with Crippen molar-refractivity contribution in [2.75, 3.05) is 7.05 Å². The highest BCUT2D eigenvalue weighted by molar-refractivity contribution is 5.68. The van der Waals surface area contributed by atoms with Crippen LogP contribution in [0.2, 0.25) is 0 Å². The SMILES string of the molecule is C=CCCC[C@@H](C)N(C)C(=O)OC(C)(C)C. The molecule has 94 valence electrons. The van der Waals surface area contributed by atoms with Crippen molar-refractivity contribution in [2.24, 2.45) is 0 Å². The van der Waals surface area contributed by atoms with Gasteiger partial charge >= 0.3 is 6.09 Å². The molecule has 1 atom stereocenters. The normalized spacial score (nSPS) is 13.1. The minimum Gasteiger partial charge on any atom is -0.444 e. The highest BCUT2D eigenvalue weighted by Gasteiger charge is 2.22. The maximum absolute atomic E-state index is 11.7. The van der Waals surface area contributed by atoms with Crippen LogP contribution in [0.4, 0.5) is 4.79 Å². The van der Waals surface area contributed by atoms with Crippen LogP contribution in [0.25, 0.3) is 0 Å². The van der Waals surface area contributed by atoms with Crippen molar-refractivity contribution in [1.82, 2.24) is 4.90 Å². The Morgan fingerprint density at radius 2 is 2.06 bits per heavy atom. The average molecular weight is 227 g/mol. The van der Waals surface area contributed by atoms with Gasteiger partial charge in [-0.3, -0.25) is 0 Å². The molecule has 0 aromatic carbocycles. The zero-order chi connectivity index (χ0) is 12.8. The smallest absolute Gasteiger partial charge is 0.410 e. The fraction of sp³-hybridized carbons (Fsp3) is 0.769. The van der Waals surface area contributed by atoms with Crippen molar-refractivity contribution in [3.05, 3.63) is 12.7 Å². The van der Waals surface area contributed by atoms with E-state index < -0.39 is 5.60 Å². The van der Waals surface area contributed by atoms with Gasteiger partial charge in [0.1, 0.15) is 5.60 Å². The minimum absolute atomic E-state index is 0.204. The lowest BCUT2D eigenvalue weighted by atomic mass is 10.1. The number of hydrogen-bond acceptors (Lipinski definition) is 2. The number of carbonyl (C=O) groups is 1. The molecular formula is C13H25NO2. The van der Waals surface area contributed by atoms with Gasteiger partial charge in [-0.25, -0.2) is 4.79 Å². The number of ether oxygens (including phenoxy) is 1. The van der Waals surface area contributed by atoms with Crippen molar-refractivity contribution in [3.63, 3.8) is 0 Å². The van der Waals surface area contributed by atoms with E-state index in [1.165, 1.54) is 0 Å². The number of rotatable bonds is 5. The molecule has 0 radical (unpaired) electrons. The quantitative estimate of drug-likeness (QED) is 0.530. The van der Waals surface area contributed by atoms with Gasteiger partial charge in [-0.2, -0.15) is 0 Å². The van der Waals surface area contributed by atoms with E-state index in [0.29, 0.717) is 0 Å². The molecular weight excluding hydrogens is 202 g/mol. The Morgan fingerprint density at radius 1 is 1.50 bits per heavy atom. The van der Waals surface area contributed by atoms with Crippen LogP contribution in [0.15, 0.2) is 12.7 Å². The Bertz CT molecular complexity index is 231. The number of unbranched alkanes of at least 4 members (excludes halogenated alkanes) is 1. The first kappa shape index (κ1) is 15.0. The lowest BCUT2D eigenvalue weighted by Gasteiger charge is -2.28. The maximum atomic E-state index is 11.7. The number of nitrogens with zero attached hydrogens (tertiary/aromatic N) is 1. The summed E-state index contributed by atoms with van der Waals surface area (Å²) in [6.45, 7) is 11.3. The molecule has 3 heteroatoms. The van der Waals surface area contributed by atoms with Crippen molar-refractivity contribution >= 4 is 6.09 Å². The van der Waals surface area contributed by atoms with Crippen molar-refractivity contribution in [2.45, 2.75) is 58.6 Å². The fourth-order valence-corrected chi connectivity index (χ4v) is 1.27. The van der Waals surface area contributed by atoms with E-state index in [1.54, 1.807) is 11.9 Å². The first-order valence-electron chi connectivity index (χ1n) is 5.84. The summed E-state index contributed by atoms with van der Waals surface area (Å²) >= 11 is 0. The predicted molar refractivity (Wildman–Crippen MR) is 67.5 cm³/mol. The van der Waals surface area contributed by atoms with E-state index in [4.69, 9.17) is 4.74 Å². The van der Waals surface area contributed by atoms with Crippen LogP contribution >= 0.6 is 0 Å². The molecule has 0 aliphatic heterocycles. The van der Waals surface area contributed by atoms with Gasteiger partial charge in [-0.05, 0) is 47.0 Å². The van der Waals surface area contributed by atoms with Gasteiger partial charge in [0.25, 0.3) is 0 Å². The molecule has 0 spiro atoms. The summed E-state index contributed by atoms with van der Waals surface area (Å²) in [5, 5.41) is 0. The first-order valence-corrected chi connectivity index (χ1v) is 5.84. The Morgan fingerprint density at radius 3 is 2.50 bits per heavy atom. The standard InChI is InChI=1S/C13H25NO2/c1-7-8-9-10-11(2)14(6)12(15)16-13(3,4)5/h7,11H,1,8-10H2,2-6H3/t11-/m1/s1. The Kier molecular flexibility index (Phi) is 6.16. The molecule has 0 saturated heterocycles. The number of allylic oxidation sites excluding steroid dienone is 1. The van der Waals surface area contributed by atoms with E-state index in [0.717, 1.165) is 19.3 Å². The molecule has 0 aliphatic carbocycles. The molecule has 16 heavy (non-hydrogen) atoms. The summed E-state index contributed by atoms with van der Waals surface area (Å²) < 4.78 is 5.29. The van der Waals surface area contributed by atoms with Crippen molar-refractivity contribution in [3.8, 4) is 0 Å².